The van der Waals surface area contributed by atoms with Crippen molar-refractivity contribution in [2.45, 2.75) is 91.5 Å². The number of nitrogens with zero attached hydrogens (tertiary/aromatic N) is 2. The highest BCUT2D eigenvalue weighted by Gasteiger charge is 2.37. The Kier molecular flexibility index (Phi) is 11.5. The van der Waals surface area contributed by atoms with E-state index >= 15 is 0 Å². The summed E-state index contributed by atoms with van der Waals surface area (Å²) < 4.78 is 5.44. The minimum atomic E-state index is -1.07. The van der Waals surface area contributed by atoms with E-state index < -0.39 is 29.7 Å². The fourth-order valence-corrected chi connectivity index (χ4v) is 4.42. The number of ether oxygens (including phenoxy) is 1. The minimum Gasteiger partial charge on any atom is -0.444 e. The number of carbonyl (C=O) groups is 3. The second-order valence-electron chi connectivity index (χ2n) is 10.9. The molecule has 0 aliphatic carbocycles. The molecule has 0 bridgehead atoms. The van der Waals surface area contributed by atoms with Gasteiger partial charge in [-0.1, -0.05) is 61.9 Å². The molecule has 3 amide bonds. The quantitative estimate of drug-likeness (QED) is 0.388. The van der Waals surface area contributed by atoms with E-state index in [2.05, 4.69) is 16.7 Å². The number of benzene rings is 2. The van der Waals surface area contributed by atoms with Crippen molar-refractivity contribution in [1.82, 2.24) is 15.5 Å². The van der Waals surface area contributed by atoms with E-state index in [9.17, 15) is 19.6 Å². The van der Waals surface area contributed by atoms with Gasteiger partial charge in [0.1, 0.15) is 24.2 Å². The van der Waals surface area contributed by atoms with E-state index in [0.29, 0.717) is 5.56 Å². The Morgan fingerprint density at radius 2 is 1.69 bits per heavy atom. The molecule has 0 spiro atoms. The lowest BCUT2D eigenvalue weighted by Crippen LogP contribution is -2.54. The standard InChI is InChI=1S/C31H42N4O4/c1-8-13-22(3)33-28(36)27(25-17-12-14-21(2)23(25)4)35(19-18-32)29(37)26(20-24-15-10-9-11-16-24)34-30(38)39-31(5,6)7/h9-12,14-17,22,26-27H,8,13,19-20H2,1-7H3,(H,33,36)(H,34,38). The summed E-state index contributed by atoms with van der Waals surface area (Å²) in [7, 11) is 0. The number of amides is 3. The smallest absolute Gasteiger partial charge is 0.408 e. The van der Waals surface area contributed by atoms with Crippen LogP contribution in [-0.2, 0) is 20.7 Å². The molecule has 8 heteroatoms. The maximum absolute atomic E-state index is 14.2. The normalized spacial score (nSPS) is 13.4. The largest absolute Gasteiger partial charge is 0.444 e. The lowest BCUT2D eigenvalue weighted by molar-refractivity contribution is -0.142. The molecule has 3 unspecified atom stereocenters. The van der Waals surface area contributed by atoms with Gasteiger partial charge in [-0.05, 0) is 70.2 Å². The van der Waals surface area contributed by atoms with Gasteiger partial charge in [0.25, 0.3) is 0 Å². The van der Waals surface area contributed by atoms with E-state index in [4.69, 9.17) is 4.74 Å². The predicted molar refractivity (Wildman–Crippen MR) is 152 cm³/mol. The Morgan fingerprint density at radius 1 is 1.03 bits per heavy atom. The second kappa shape index (κ2) is 14.3. The highest BCUT2D eigenvalue weighted by atomic mass is 16.6. The highest BCUT2D eigenvalue weighted by Crippen LogP contribution is 2.28. The lowest BCUT2D eigenvalue weighted by atomic mass is 9.94. The number of nitrogens with one attached hydrogen (secondary N) is 2. The van der Waals surface area contributed by atoms with Gasteiger partial charge in [-0.15, -0.1) is 0 Å². The van der Waals surface area contributed by atoms with Crippen molar-refractivity contribution < 1.29 is 19.1 Å². The summed E-state index contributed by atoms with van der Waals surface area (Å²) in [6.45, 7) is 12.7. The Morgan fingerprint density at radius 3 is 2.28 bits per heavy atom. The molecule has 3 atom stereocenters. The Bertz CT molecular complexity index is 1170. The summed E-state index contributed by atoms with van der Waals surface area (Å²) >= 11 is 0. The number of carbonyl (C=O) groups excluding carboxylic acids is 3. The van der Waals surface area contributed by atoms with Crippen molar-refractivity contribution in [2.24, 2.45) is 0 Å². The van der Waals surface area contributed by atoms with Crippen LogP contribution in [0.5, 0.6) is 0 Å². The third-order valence-corrected chi connectivity index (χ3v) is 6.41. The lowest BCUT2D eigenvalue weighted by Gasteiger charge is -2.34. The van der Waals surface area contributed by atoms with Gasteiger partial charge in [0, 0.05) is 12.5 Å². The summed E-state index contributed by atoms with van der Waals surface area (Å²) in [5.74, 6) is -0.917. The molecule has 0 saturated heterocycles. The van der Waals surface area contributed by atoms with Gasteiger partial charge in [0.15, 0.2) is 0 Å². The molecule has 0 aliphatic rings. The molecule has 2 N–H and O–H groups in total. The Balaban J connectivity index is 2.57. The van der Waals surface area contributed by atoms with Gasteiger partial charge in [-0.3, -0.25) is 9.59 Å². The molecule has 0 heterocycles. The van der Waals surface area contributed by atoms with E-state index in [1.54, 1.807) is 20.8 Å². The average Bonchev–Trinajstić information content (AvgIpc) is 2.85. The first-order valence-electron chi connectivity index (χ1n) is 13.4. The SMILES string of the molecule is CCCC(C)NC(=O)C(c1cccc(C)c1C)N(CC#N)C(=O)C(Cc1ccccc1)NC(=O)OC(C)(C)C. The number of alkyl carbamates (subject to hydrolysis) is 1. The topological polar surface area (TPSA) is 112 Å². The molecule has 39 heavy (non-hydrogen) atoms. The van der Waals surface area contributed by atoms with Crippen LogP contribution >= 0.6 is 0 Å². The van der Waals surface area contributed by atoms with Crippen molar-refractivity contribution in [3.63, 3.8) is 0 Å². The van der Waals surface area contributed by atoms with Gasteiger partial charge in [0.05, 0.1) is 6.07 Å². The van der Waals surface area contributed by atoms with Crippen LogP contribution in [0, 0.1) is 25.2 Å². The molecule has 0 aromatic heterocycles. The zero-order valence-electron chi connectivity index (χ0n) is 24.2. The van der Waals surface area contributed by atoms with Crippen molar-refractivity contribution in [2.75, 3.05) is 6.54 Å². The summed E-state index contributed by atoms with van der Waals surface area (Å²) in [6.07, 6.45) is 1.07. The monoisotopic (exact) mass is 534 g/mol. The molecule has 2 aromatic rings. The van der Waals surface area contributed by atoms with Gasteiger partial charge in [-0.2, -0.15) is 5.26 Å². The molecule has 0 aliphatic heterocycles. The van der Waals surface area contributed by atoms with Crippen molar-refractivity contribution >= 4 is 17.9 Å². The van der Waals surface area contributed by atoms with Crippen LogP contribution in [0.25, 0.3) is 0 Å². The fourth-order valence-electron chi connectivity index (χ4n) is 4.42. The zero-order chi connectivity index (χ0) is 29.2. The predicted octanol–water partition coefficient (Wildman–Crippen LogP) is 5.14. The van der Waals surface area contributed by atoms with E-state index in [-0.39, 0.29) is 24.9 Å². The second-order valence-corrected chi connectivity index (χ2v) is 10.9. The van der Waals surface area contributed by atoms with Crippen LogP contribution in [0.1, 0.15) is 75.8 Å². The summed E-state index contributed by atoms with van der Waals surface area (Å²) in [5, 5.41) is 15.5. The minimum absolute atomic E-state index is 0.117. The molecule has 0 fully saturated rings. The first-order valence-corrected chi connectivity index (χ1v) is 13.4. The van der Waals surface area contributed by atoms with Crippen molar-refractivity contribution in [3.8, 4) is 6.07 Å². The number of rotatable bonds is 11. The van der Waals surface area contributed by atoms with Gasteiger partial charge < -0.3 is 20.3 Å². The van der Waals surface area contributed by atoms with Crippen LogP contribution in [0.4, 0.5) is 4.79 Å². The number of hydrogen-bond acceptors (Lipinski definition) is 5. The molecule has 210 valence electrons. The zero-order valence-corrected chi connectivity index (χ0v) is 24.2. The van der Waals surface area contributed by atoms with Crippen LogP contribution in [-0.4, -0.2) is 47.0 Å². The Labute approximate surface area is 232 Å². The van der Waals surface area contributed by atoms with Gasteiger partial charge in [0.2, 0.25) is 11.8 Å². The van der Waals surface area contributed by atoms with Gasteiger partial charge in [-0.25, -0.2) is 4.79 Å². The number of nitriles is 1. The van der Waals surface area contributed by atoms with Crippen molar-refractivity contribution in [1.29, 1.82) is 5.26 Å². The molecular weight excluding hydrogens is 492 g/mol. The third-order valence-electron chi connectivity index (χ3n) is 6.41. The first-order chi connectivity index (χ1) is 18.4. The molecule has 8 nitrogen and oxygen atoms in total. The third kappa shape index (κ3) is 9.43. The van der Waals surface area contributed by atoms with E-state index in [1.807, 2.05) is 76.2 Å². The summed E-state index contributed by atoms with van der Waals surface area (Å²) in [5.41, 5.74) is 2.50. The first kappa shape index (κ1) is 31.4. The van der Waals surface area contributed by atoms with Crippen LogP contribution < -0.4 is 10.6 Å². The van der Waals surface area contributed by atoms with E-state index in [1.165, 1.54) is 4.90 Å². The molecular formula is C31H42N4O4. The summed E-state index contributed by atoms with van der Waals surface area (Å²) in [6, 6.07) is 14.7. The Hall–Kier alpha value is -3.86. The van der Waals surface area contributed by atoms with Crippen molar-refractivity contribution in [3.05, 3.63) is 70.8 Å². The average molecular weight is 535 g/mol. The number of aryl methyl sites for hydroxylation is 1. The molecule has 0 radical (unpaired) electrons. The van der Waals surface area contributed by atoms with Crippen LogP contribution in [0.15, 0.2) is 48.5 Å². The highest BCUT2D eigenvalue weighted by molar-refractivity contribution is 5.92. The fraction of sp³-hybridized carbons (Fsp3) is 0.484. The maximum atomic E-state index is 14.2. The number of hydrogen-bond donors (Lipinski definition) is 2. The van der Waals surface area contributed by atoms with Crippen LogP contribution in [0.3, 0.4) is 0 Å². The van der Waals surface area contributed by atoms with E-state index in [0.717, 1.165) is 29.5 Å². The van der Waals surface area contributed by atoms with Crippen LogP contribution in [0.2, 0.25) is 0 Å². The molecule has 2 rings (SSSR count). The van der Waals surface area contributed by atoms with Gasteiger partial charge >= 0.3 is 6.09 Å². The molecule has 2 aromatic carbocycles. The molecule has 0 saturated carbocycles. The maximum Gasteiger partial charge on any atom is 0.408 e. The summed E-state index contributed by atoms with van der Waals surface area (Å²) in [4.78, 5) is 42.0.